The van der Waals surface area contributed by atoms with Crippen molar-refractivity contribution >= 4 is 5.91 Å². The first-order valence-corrected chi connectivity index (χ1v) is 8.39. The van der Waals surface area contributed by atoms with E-state index in [0.717, 1.165) is 44.0 Å². The van der Waals surface area contributed by atoms with E-state index in [1.54, 1.807) is 0 Å². The van der Waals surface area contributed by atoms with Crippen LogP contribution in [0.15, 0.2) is 0 Å². The molecule has 0 saturated carbocycles. The molecular formula is C17H30N4O2. The van der Waals surface area contributed by atoms with Gasteiger partial charge in [0.15, 0.2) is 0 Å². The topological polar surface area (TPSA) is 61.6 Å². The molecule has 23 heavy (non-hydrogen) atoms. The van der Waals surface area contributed by atoms with Crippen molar-refractivity contribution in [2.75, 3.05) is 32.7 Å². The molecule has 6 heteroatoms. The quantitative estimate of drug-likeness (QED) is 0.874. The van der Waals surface area contributed by atoms with Gasteiger partial charge >= 0.3 is 0 Å². The Hall–Kier alpha value is -1.40. The number of rotatable bonds is 5. The highest BCUT2D eigenvalue weighted by Gasteiger charge is 2.25. The summed E-state index contributed by atoms with van der Waals surface area (Å²) < 4.78 is 1.88. The van der Waals surface area contributed by atoms with E-state index in [1.807, 2.05) is 37.4 Å². The smallest absolute Gasteiger partial charge is 0.222 e. The fourth-order valence-corrected chi connectivity index (χ4v) is 3.27. The molecule has 1 aliphatic rings. The molecule has 0 radical (unpaired) electrons. The molecular weight excluding hydrogens is 292 g/mol. The number of aliphatic hydroxyl groups is 1. The van der Waals surface area contributed by atoms with Crippen LogP contribution in [0.4, 0.5) is 0 Å². The Labute approximate surface area is 139 Å². The van der Waals surface area contributed by atoms with Crippen molar-refractivity contribution < 1.29 is 9.90 Å². The van der Waals surface area contributed by atoms with E-state index in [1.165, 1.54) is 5.56 Å². The lowest BCUT2D eigenvalue weighted by molar-refractivity contribution is -0.133. The van der Waals surface area contributed by atoms with Crippen molar-refractivity contribution in [1.29, 1.82) is 0 Å². The lowest BCUT2D eigenvalue weighted by Gasteiger charge is -2.37. The fourth-order valence-electron chi connectivity index (χ4n) is 3.27. The maximum absolute atomic E-state index is 12.4. The Balaban J connectivity index is 1.81. The van der Waals surface area contributed by atoms with Crippen LogP contribution in [0.3, 0.4) is 0 Å². The molecule has 0 unspecified atom stereocenters. The molecule has 2 heterocycles. The highest BCUT2D eigenvalue weighted by atomic mass is 16.3. The van der Waals surface area contributed by atoms with Gasteiger partial charge in [-0.05, 0) is 39.7 Å². The molecule has 1 amide bonds. The number of aryl methyl sites for hydroxylation is 2. The van der Waals surface area contributed by atoms with Gasteiger partial charge in [0.05, 0.1) is 11.3 Å². The number of β-amino-alcohol motifs (C(OH)–C–C–N with tert-alkyl or cyclic N) is 1. The highest BCUT2D eigenvalue weighted by Crippen LogP contribution is 2.15. The summed E-state index contributed by atoms with van der Waals surface area (Å²) in [6.45, 7) is 11.5. The summed E-state index contributed by atoms with van der Waals surface area (Å²) >= 11 is 0. The Morgan fingerprint density at radius 2 is 1.83 bits per heavy atom. The van der Waals surface area contributed by atoms with Crippen LogP contribution in [0.1, 0.15) is 37.2 Å². The van der Waals surface area contributed by atoms with Gasteiger partial charge in [-0.2, -0.15) is 5.10 Å². The van der Waals surface area contributed by atoms with Gasteiger partial charge < -0.3 is 10.0 Å². The van der Waals surface area contributed by atoms with Gasteiger partial charge in [-0.15, -0.1) is 0 Å². The van der Waals surface area contributed by atoms with Crippen LogP contribution in [-0.4, -0.2) is 68.9 Å². The van der Waals surface area contributed by atoms with E-state index < -0.39 is 5.60 Å². The number of carbonyl (C=O) groups excluding carboxylic acids is 1. The Morgan fingerprint density at radius 1 is 1.22 bits per heavy atom. The third-order valence-corrected chi connectivity index (χ3v) is 4.58. The van der Waals surface area contributed by atoms with Crippen molar-refractivity contribution in [2.24, 2.45) is 7.05 Å². The first-order chi connectivity index (χ1) is 10.7. The zero-order chi connectivity index (χ0) is 17.2. The zero-order valence-electron chi connectivity index (χ0n) is 15.1. The largest absolute Gasteiger partial charge is 0.389 e. The minimum Gasteiger partial charge on any atom is -0.389 e. The number of amides is 1. The summed E-state index contributed by atoms with van der Waals surface area (Å²) in [5.41, 5.74) is 2.68. The van der Waals surface area contributed by atoms with E-state index in [-0.39, 0.29) is 5.91 Å². The molecule has 1 aromatic rings. The average Bonchev–Trinajstić information content (AvgIpc) is 2.69. The maximum atomic E-state index is 12.4. The minimum absolute atomic E-state index is 0.218. The normalized spacial score (nSPS) is 16.9. The molecule has 1 fully saturated rings. The average molecular weight is 322 g/mol. The Kier molecular flexibility index (Phi) is 5.47. The fraction of sp³-hybridized carbons (Fsp3) is 0.765. The molecule has 0 spiro atoms. The lowest BCUT2D eigenvalue weighted by Crippen LogP contribution is -2.52. The number of piperazine rings is 1. The molecule has 1 aromatic heterocycles. The summed E-state index contributed by atoms with van der Waals surface area (Å²) in [4.78, 5) is 16.6. The standard InChI is InChI=1S/C17H30N4O2/c1-13-15(14(2)19(5)18-13)6-7-16(22)21-10-8-20(9-11-21)12-17(3,4)23/h23H,6-12H2,1-5H3. The number of aromatic nitrogens is 2. The number of hydrogen-bond donors (Lipinski definition) is 1. The molecule has 6 nitrogen and oxygen atoms in total. The first-order valence-electron chi connectivity index (χ1n) is 8.39. The molecule has 0 aromatic carbocycles. The molecule has 1 saturated heterocycles. The van der Waals surface area contributed by atoms with Crippen LogP contribution in [0.2, 0.25) is 0 Å². The van der Waals surface area contributed by atoms with Crippen molar-refractivity contribution in [3.05, 3.63) is 17.0 Å². The third-order valence-electron chi connectivity index (χ3n) is 4.58. The zero-order valence-corrected chi connectivity index (χ0v) is 15.1. The van der Waals surface area contributed by atoms with Crippen LogP contribution in [-0.2, 0) is 18.3 Å². The molecule has 1 N–H and O–H groups in total. The van der Waals surface area contributed by atoms with Crippen LogP contribution < -0.4 is 0 Å². The van der Waals surface area contributed by atoms with Gasteiger partial charge in [0.2, 0.25) is 5.91 Å². The molecule has 0 bridgehead atoms. The summed E-state index contributed by atoms with van der Waals surface area (Å²) in [6, 6.07) is 0. The highest BCUT2D eigenvalue weighted by molar-refractivity contribution is 5.76. The van der Waals surface area contributed by atoms with Crippen molar-refractivity contribution in [3.8, 4) is 0 Å². The number of carbonyl (C=O) groups is 1. The van der Waals surface area contributed by atoms with Crippen LogP contribution in [0.25, 0.3) is 0 Å². The molecule has 0 atom stereocenters. The van der Waals surface area contributed by atoms with Crippen molar-refractivity contribution in [2.45, 2.75) is 46.1 Å². The summed E-state index contributed by atoms with van der Waals surface area (Å²) in [5.74, 6) is 0.218. The Bertz CT molecular complexity index is 552. The lowest BCUT2D eigenvalue weighted by atomic mass is 10.1. The molecule has 2 rings (SSSR count). The number of hydrogen-bond acceptors (Lipinski definition) is 4. The minimum atomic E-state index is -0.679. The van der Waals surface area contributed by atoms with Gasteiger partial charge in [-0.25, -0.2) is 0 Å². The van der Waals surface area contributed by atoms with Gasteiger partial charge in [0.1, 0.15) is 0 Å². The second kappa shape index (κ2) is 7.01. The van der Waals surface area contributed by atoms with E-state index in [2.05, 4.69) is 16.9 Å². The summed E-state index contributed by atoms with van der Waals surface area (Å²) in [5, 5.41) is 14.3. The van der Waals surface area contributed by atoms with Crippen molar-refractivity contribution in [1.82, 2.24) is 19.6 Å². The van der Waals surface area contributed by atoms with E-state index in [9.17, 15) is 9.90 Å². The second-order valence-electron chi connectivity index (χ2n) is 7.24. The summed E-state index contributed by atoms with van der Waals surface area (Å²) in [6.07, 6.45) is 1.30. The third kappa shape index (κ3) is 4.78. The SMILES string of the molecule is Cc1nn(C)c(C)c1CCC(=O)N1CCN(CC(C)(C)O)CC1. The van der Waals surface area contributed by atoms with Gasteiger partial charge in [-0.1, -0.05) is 0 Å². The van der Waals surface area contributed by atoms with Gasteiger partial charge in [-0.3, -0.25) is 14.4 Å². The van der Waals surface area contributed by atoms with Crippen LogP contribution in [0.5, 0.6) is 0 Å². The Morgan fingerprint density at radius 3 is 2.30 bits per heavy atom. The molecule has 0 aliphatic carbocycles. The van der Waals surface area contributed by atoms with E-state index in [0.29, 0.717) is 13.0 Å². The molecule has 130 valence electrons. The van der Waals surface area contributed by atoms with Crippen molar-refractivity contribution in [3.63, 3.8) is 0 Å². The predicted octanol–water partition coefficient (Wildman–Crippen LogP) is 0.885. The van der Waals surface area contributed by atoms with E-state index >= 15 is 0 Å². The predicted molar refractivity (Wildman–Crippen MR) is 90.3 cm³/mol. The first kappa shape index (κ1) is 17.9. The van der Waals surface area contributed by atoms with Crippen LogP contribution in [0, 0.1) is 13.8 Å². The van der Waals surface area contributed by atoms with E-state index in [4.69, 9.17) is 0 Å². The monoisotopic (exact) mass is 322 g/mol. The second-order valence-corrected chi connectivity index (χ2v) is 7.24. The maximum Gasteiger partial charge on any atom is 0.222 e. The number of nitrogens with zero attached hydrogens (tertiary/aromatic N) is 4. The van der Waals surface area contributed by atoms with Gasteiger partial charge in [0.25, 0.3) is 0 Å². The molecule has 1 aliphatic heterocycles. The van der Waals surface area contributed by atoms with Crippen LogP contribution >= 0.6 is 0 Å². The van der Waals surface area contributed by atoms with Gasteiger partial charge in [0, 0.05) is 51.9 Å². The summed E-state index contributed by atoms with van der Waals surface area (Å²) in [7, 11) is 1.94.